The molecular formula is C20H34N4O2S. The maximum absolute atomic E-state index is 12.5. The molecule has 27 heavy (non-hydrogen) atoms. The van der Waals surface area contributed by atoms with Gasteiger partial charge in [0.25, 0.3) is 0 Å². The Morgan fingerprint density at radius 1 is 1.15 bits per heavy atom. The van der Waals surface area contributed by atoms with Gasteiger partial charge in [-0.25, -0.2) is 13.1 Å². The first-order valence-corrected chi connectivity index (χ1v) is 11.5. The van der Waals surface area contributed by atoms with Crippen LogP contribution in [-0.4, -0.2) is 89.6 Å². The second-order valence-corrected chi connectivity index (χ2v) is 10.2. The van der Waals surface area contributed by atoms with E-state index in [-0.39, 0.29) is 0 Å². The third-order valence-corrected chi connectivity index (χ3v) is 7.49. The molecule has 3 aliphatic heterocycles. The first kappa shape index (κ1) is 20.7. The highest BCUT2D eigenvalue weighted by Gasteiger charge is 2.40. The van der Waals surface area contributed by atoms with Gasteiger partial charge in [0.2, 0.25) is 10.0 Å². The van der Waals surface area contributed by atoms with Gasteiger partial charge in [-0.2, -0.15) is 0 Å². The van der Waals surface area contributed by atoms with Crippen LogP contribution in [0.15, 0.2) is 35.2 Å². The summed E-state index contributed by atoms with van der Waals surface area (Å²) in [6.45, 7) is 6.02. The third kappa shape index (κ3) is 5.51. The molecule has 3 heterocycles. The van der Waals surface area contributed by atoms with Crippen LogP contribution >= 0.6 is 0 Å². The Labute approximate surface area is 164 Å². The first-order valence-electron chi connectivity index (χ1n) is 9.97. The molecular weight excluding hydrogens is 360 g/mol. The Bertz CT molecular complexity index is 695. The van der Waals surface area contributed by atoms with E-state index < -0.39 is 10.0 Å². The maximum Gasteiger partial charge on any atom is 0.240 e. The summed E-state index contributed by atoms with van der Waals surface area (Å²) >= 11 is 0. The van der Waals surface area contributed by atoms with Gasteiger partial charge in [-0.3, -0.25) is 4.90 Å². The van der Waals surface area contributed by atoms with E-state index in [0.717, 1.165) is 39.1 Å². The van der Waals surface area contributed by atoms with E-state index in [9.17, 15) is 8.42 Å². The molecule has 1 N–H and O–H groups in total. The van der Waals surface area contributed by atoms with Gasteiger partial charge in [-0.05, 0) is 64.5 Å². The Morgan fingerprint density at radius 2 is 1.89 bits per heavy atom. The molecule has 3 saturated heterocycles. The van der Waals surface area contributed by atoms with Crippen molar-refractivity contribution < 1.29 is 8.42 Å². The highest BCUT2D eigenvalue weighted by molar-refractivity contribution is 7.89. The molecule has 4 atom stereocenters. The van der Waals surface area contributed by atoms with Gasteiger partial charge in [0.15, 0.2) is 0 Å². The number of sulfonamides is 1. The van der Waals surface area contributed by atoms with Gasteiger partial charge in [-0.15, -0.1) is 0 Å². The minimum absolute atomic E-state index is 0.325. The van der Waals surface area contributed by atoms with Crippen molar-refractivity contribution in [2.24, 2.45) is 11.8 Å². The van der Waals surface area contributed by atoms with Crippen LogP contribution in [0, 0.1) is 11.8 Å². The average Bonchev–Trinajstić information content (AvgIpc) is 2.66. The largest absolute Gasteiger partial charge is 0.308 e. The number of likely N-dealkylation sites (N-methyl/N-ethyl adjacent to an activating group) is 2. The number of hydrogen-bond acceptors (Lipinski definition) is 5. The summed E-state index contributed by atoms with van der Waals surface area (Å²) in [5.41, 5.74) is 0. The summed E-state index contributed by atoms with van der Waals surface area (Å²) in [6.07, 6.45) is 2.34. The predicted octanol–water partition coefficient (Wildman–Crippen LogP) is 1.17. The van der Waals surface area contributed by atoms with Crippen molar-refractivity contribution in [1.29, 1.82) is 0 Å². The fraction of sp³-hybridized carbons (Fsp3) is 0.700. The van der Waals surface area contributed by atoms with E-state index >= 15 is 0 Å². The topological polar surface area (TPSA) is 55.9 Å². The number of rotatable bonds is 9. The fourth-order valence-electron chi connectivity index (χ4n) is 4.42. The Kier molecular flexibility index (Phi) is 6.92. The number of fused-ring (bicyclic) bond motifs is 3. The molecule has 1 aromatic carbocycles. The third-order valence-electron chi connectivity index (χ3n) is 6.05. The number of hydrogen-bond donors (Lipinski definition) is 1. The smallest absolute Gasteiger partial charge is 0.240 e. The van der Waals surface area contributed by atoms with Crippen LogP contribution in [0.25, 0.3) is 0 Å². The minimum atomic E-state index is -3.41. The summed E-state index contributed by atoms with van der Waals surface area (Å²) in [6, 6.07) is 8.98. The van der Waals surface area contributed by atoms with E-state index in [1.807, 2.05) is 6.07 Å². The van der Waals surface area contributed by atoms with Crippen LogP contribution in [0.4, 0.5) is 0 Å². The molecule has 3 aliphatic rings. The van der Waals surface area contributed by atoms with Gasteiger partial charge < -0.3 is 9.80 Å². The number of piperidine rings is 3. The molecule has 0 spiro atoms. The maximum atomic E-state index is 12.5. The van der Waals surface area contributed by atoms with Crippen molar-refractivity contribution in [3.05, 3.63) is 30.3 Å². The molecule has 7 heteroatoms. The first-order chi connectivity index (χ1) is 12.8. The van der Waals surface area contributed by atoms with Crippen LogP contribution in [0.2, 0.25) is 0 Å². The summed E-state index contributed by atoms with van der Waals surface area (Å²) in [5.74, 6) is 1.41. The van der Waals surface area contributed by atoms with Gasteiger partial charge >= 0.3 is 0 Å². The molecule has 6 nitrogen and oxygen atoms in total. The lowest BCUT2D eigenvalue weighted by molar-refractivity contribution is -0.00782. The second kappa shape index (κ2) is 9.01. The lowest BCUT2D eigenvalue weighted by Gasteiger charge is -2.50. The van der Waals surface area contributed by atoms with Crippen LogP contribution in [0.5, 0.6) is 0 Å². The van der Waals surface area contributed by atoms with Crippen LogP contribution in [-0.2, 0) is 10.0 Å². The van der Waals surface area contributed by atoms with Crippen molar-refractivity contribution in [3.8, 4) is 0 Å². The van der Waals surface area contributed by atoms with Gasteiger partial charge in [0, 0.05) is 38.8 Å². The van der Waals surface area contributed by atoms with Crippen LogP contribution < -0.4 is 4.72 Å². The summed E-state index contributed by atoms with van der Waals surface area (Å²) in [4.78, 5) is 7.51. The number of nitrogens with one attached hydrogen (secondary N) is 1. The lowest BCUT2D eigenvalue weighted by atomic mass is 9.75. The highest BCUT2D eigenvalue weighted by atomic mass is 32.2. The lowest BCUT2D eigenvalue weighted by Crippen LogP contribution is -2.58. The zero-order valence-electron chi connectivity index (χ0n) is 16.8. The molecule has 2 bridgehead atoms. The predicted molar refractivity (Wildman–Crippen MR) is 109 cm³/mol. The molecule has 0 saturated carbocycles. The Hall–Kier alpha value is -0.990. The van der Waals surface area contributed by atoms with Crippen molar-refractivity contribution in [2.45, 2.75) is 23.8 Å². The SMILES string of the molecule is CN(C)CCN(C)C[C@H]1CN2CC[C@H]1C[C@@H]2CNS(=O)(=O)c1ccccc1. The molecule has 0 radical (unpaired) electrons. The summed E-state index contributed by atoms with van der Waals surface area (Å²) in [5, 5.41) is 0. The van der Waals surface area contributed by atoms with E-state index in [1.54, 1.807) is 24.3 Å². The van der Waals surface area contributed by atoms with Gasteiger partial charge in [-0.1, -0.05) is 18.2 Å². The van der Waals surface area contributed by atoms with Crippen molar-refractivity contribution >= 4 is 10.0 Å². The standard InChI is InChI=1S/C20H34N4O2S/c1-22(2)11-12-23(3)15-18-16-24-10-9-17(18)13-19(24)14-21-27(25,26)20-7-5-4-6-8-20/h4-8,17-19,21H,9-16H2,1-3H3/t17-,18-,19+/m0/s1. The summed E-state index contributed by atoms with van der Waals surface area (Å²) in [7, 11) is 3.03. The number of nitrogens with zero attached hydrogens (tertiary/aromatic N) is 3. The minimum Gasteiger partial charge on any atom is -0.308 e. The molecule has 1 unspecified atom stereocenters. The highest BCUT2D eigenvalue weighted by Crippen LogP contribution is 2.36. The molecule has 3 fully saturated rings. The normalized spacial score (nSPS) is 28.2. The fourth-order valence-corrected chi connectivity index (χ4v) is 5.51. The van der Waals surface area contributed by atoms with Gasteiger partial charge in [0.1, 0.15) is 0 Å². The quantitative estimate of drug-likeness (QED) is 0.681. The van der Waals surface area contributed by atoms with Crippen LogP contribution in [0.1, 0.15) is 12.8 Å². The van der Waals surface area contributed by atoms with E-state index in [2.05, 4.69) is 40.6 Å². The zero-order valence-corrected chi connectivity index (χ0v) is 17.7. The summed E-state index contributed by atoms with van der Waals surface area (Å²) < 4.78 is 27.8. The van der Waals surface area contributed by atoms with Crippen molar-refractivity contribution in [3.63, 3.8) is 0 Å². The monoisotopic (exact) mass is 394 g/mol. The van der Waals surface area contributed by atoms with Crippen molar-refractivity contribution in [1.82, 2.24) is 19.4 Å². The van der Waals surface area contributed by atoms with E-state index in [0.29, 0.717) is 29.3 Å². The van der Waals surface area contributed by atoms with E-state index in [1.165, 1.54) is 6.42 Å². The molecule has 0 aliphatic carbocycles. The average molecular weight is 395 g/mol. The zero-order chi connectivity index (χ0) is 19.4. The number of benzene rings is 1. The Balaban J connectivity index is 1.50. The Morgan fingerprint density at radius 3 is 2.52 bits per heavy atom. The van der Waals surface area contributed by atoms with Crippen molar-refractivity contribution in [2.75, 3.05) is 60.4 Å². The second-order valence-electron chi connectivity index (χ2n) is 8.42. The molecule has 152 valence electrons. The molecule has 0 aromatic heterocycles. The van der Waals surface area contributed by atoms with E-state index in [4.69, 9.17) is 0 Å². The van der Waals surface area contributed by atoms with Crippen LogP contribution in [0.3, 0.4) is 0 Å². The molecule has 1 aromatic rings. The molecule has 0 amide bonds. The van der Waals surface area contributed by atoms with Gasteiger partial charge in [0.05, 0.1) is 4.90 Å². The molecule has 4 rings (SSSR count).